The van der Waals surface area contributed by atoms with Crippen LogP contribution >= 0.6 is 0 Å². The molecule has 5 nitrogen and oxygen atoms in total. The van der Waals surface area contributed by atoms with Gasteiger partial charge in [0.1, 0.15) is 10.6 Å². The van der Waals surface area contributed by atoms with Gasteiger partial charge in [-0.05, 0) is 36.5 Å². The van der Waals surface area contributed by atoms with E-state index in [4.69, 9.17) is 9.84 Å². The number of rotatable bonds is 8. The summed E-state index contributed by atoms with van der Waals surface area (Å²) in [7, 11) is -2.19. The second-order valence-electron chi connectivity index (χ2n) is 5.55. The van der Waals surface area contributed by atoms with Crippen LogP contribution in [0.25, 0.3) is 0 Å². The molecule has 2 N–H and O–H groups in total. The van der Waals surface area contributed by atoms with Crippen LogP contribution in [0.1, 0.15) is 38.2 Å². The average molecular weight is 313 g/mol. The minimum absolute atomic E-state index is 0.0373. The summed E-state index contributed by atoms with van der Waals surface area (Å²) in [5.74, 6) is 0.923. The standard InChI is InChI=1S/C15H23NO4S/c1-3-13(8-11-4-5-11)16-21(18,19)15-7-6-12(10-17)9-14(15)20-2/h6-7,9,11,13,16-17H,3-5,8,10H2,1-2H3. The summed E-state index contributed by atoms with van der Waals surface area (Å²) in [6.07, 6.45) is 4.07. The third-order valence-corrected chi connectivity index (χ3v) is 5.39. The molecule has 1 aliphatic rings. The molecule has 1 aromatic rings. The lowest BCUT2D eigenvalue weighted by atomic mass is 10.1. The Balaban J connectivity index is 2.21. The molecular weight excluding hydrogens is 290 g/mol. The molecule has 2 rings (SSSR count). The number of aliphatic hydroxyl groups excluding tert-OH is 1. The summed E-state index contributed by atoms with van der Waals surface area (Å²) in [6.45, 7) is 1.84. The molecule has 118 valence electrons. The molecule has 0 bridgehead atoms. The van der Waals surface area contributed by atoms with Gasteiger partial charge in [-0.1, -0.05) is 25.8 Å². The van der Waals surface area contributed by atoms with Crippen molar-refractivity contribution in [2.75, 3.05) is 7.11 Å². The molecule has 1 unspecified atom stereocenters. The van der Waals surface area contributed by atoms with Gasteiger partial charge in [-0.25, -0.2) is 13.1 Å². The molecule has 21 heavy (non-hydrogen) atoms. The predicted octanol–water partition coefficient (Wildman–Crippen LogP) is 2.04. The van der Waals surface area contributed by atoms with Gasteiger partial charge in [-0.2, -0.15) is 0 Å². The van der Waals surface area contributed by atoms with Crippen molar-refractivity contribution in [2.45, 2.75) is 50.2 Å². The van der Waals surface area contributed by atoms with Crippen LogP contribution < -0.4 is 9.46 Å². The first-order valence-corrected chi connectivity index (χ1v) is 8.78. The van der Waals surface area contributed by atoms with Crippen LogP contribution in [0, 0.1) is 5.92 Å². The van der Waals surface area contributed by atoms with Crippen LogP contribution in [-0.2, 0) is 16.6 Å². The van der Waals surface area contributed by atoms with Gasteiger partial charge in [0.05, 0.1) is 13.7 Å². The molecule has 1 saturated carbocycles. The highest BCUT2D eigenvalue weighted by Crippen LogP contribution is 2.34. The molecule has 0 aliphatic heterocycles. The van der Waals surface area contributed by atoms with Crippen molar-refractivity contribution in [3.05, 3.63) is 23.8 Å². The maximum absolute atomic E-state index is 12.5. The minimum atomic E-state index is -3.61. The quantitative estimate of drug-likeness (QED) is 0.770. The van der Waals surface area contributed by atoms with Crippen molar-refractivity contribution in [3.63, 3.8) is 0 Å². The van der Waals surface area contributed by atoms with E-state index in [0.717, 1.165) is 12.8 Å². The zero-order valence-corrected chi connectivity index (χ0v) is 13.3. The fourth-order valence-electron chi connectivity index (χ4n) is 2.37. The van der Waals surface area contributed by atoms with E-state index in [-0.39, 0.29) is 23.3 Å². The van der Waals surface area contributed by atoms with E-state index in [2.05, 4.69) is 4.72 Å². The van der Waals surface area contributed by atoms with E-state index in [1.807, 2.05) is 6.92 Å². The zero-order valence-electron chi connectivity index (χ0n) is 12.5. The Morgan fingerprint density at radius 2 is 2.14 bits per heavy atom. The van der Waals surface area contributed by atoms with E-state index < -0.39 is 10.0 Å². The first kappa shape index (κ1) is 16.3. The van der Waals surface area contributed by atoms with Gasteiger partial charge in [0.25, 0.3) is 0 Å². The Bertz CT molecular complexity index is 581. The maximum atomic E-state index is 12.5. The van der Waals surface area contributed by atoms with Crippen molar-refractivity contribution in [2.24, 2.45) is 5.92 Å². The lowest BCUT2D eigenvalue weighted by Crippen LogP contribution is -2.35. The van der Waals surface area contributed by atoms with Crippen LogP contribution in [-0.4, -0.2) is 26.7 Å². The summed E-state index contributed by atoms with van der Waals surface area (Å²) in [4.78, 5) is 0.122. The third kappa shape index (κ3) is 4.18. The van der Waals surface area contributed by atoms with Gasteiger partial charge in [0.2, 0.25) is 10.0 Å². The van der Waals surface area contributed by atoms with Gasteiger partial charge < -0.3 is 9.84 Å². The van der Waals surface area contributed by atoms with Crippen molar-refractivity contribution in [3.8, 4) is 5.75 Å². The first-order valence-electron chi connectivity index (χ1n) is 7.30. The highest BCUT2D eigenvalue weighted by atomic mass is 32.2. The molecule has 1 fully saturated rings. The van der Waals surface area contributed by atoms with Gasteiger partial charge in [-0.15, -0.1) is 0 Å². The maximum Gasteiger partial charge on any atom is 0.244 e. The number of ether oxygens (including phenoxy) is 1. The van der Waals surface area contributed by atoms with Gasteiger partial charge in [0, 0.05) is 6.04 Å². The third-order valence-electron chi connectivity index (χ3n) is 3.83. The van der Waals surface area contributed by atoms with Crippen molar-refractivity contribution in [1.29, 1.82) is 0 Å². The van der Waals surface area contributed by atoms with Crippen LogP contribution in [0.4, 0.5) is 0 Å². The molecule has 1 aliphatic carbocycles. The van der Waals surface area contributed by atoms with E-state index in [1.165, 1.54) is 26.0 Å². The second-order valence-corrected chi connectivity index (χ2v) is 7.23. The number of hydrogen-bond acceptors (Lipinski definition) is 4. The second kappa shape index (κ2) is 6.77. The largest absolute Gasteiger partial charge is 0.495 e. The molecular formula is C15H23NO4S. The summed E-state index contributed by atoms with van der Waals surface area (Å²) in [5, 5.41) is 9.12. The number of methoxy groups -OCH3 is 1. The number of benzene rings is 1. The van der Waals surface area contributed by atoms with Crippen molar-refractivity contribution >= 4 is 10.0 Å². The Labute approximate surface area is 126 Å². The molecule has 0 spiro atoms. The number of nitrogens with one attached hydrogen (secondary N) is 1. The Kier molecular flexibility index (Phi) is 5.24. The van der Waals surface area contributed by atoms with Gasteiger partial charge in [0.15, 0.2) is 0 Å². The van der Waals surface area contributed by atoms with Crippen molar-refractivity contribution < 1.29 is 18.3 Å². The Morgan fingerprint density at radius 3 is 2.67 bits per heavy atom. The molecule has 0 amide bonds. The minimum Gasteiger partial charge on any atom is -0.495 e. The zero-order chi connectivity index (χ0) is 15.5. The first-order chi connectivity index (χ1) is 10.00. The summed E-state index contributed by atoms with van der Waals surface area (Å²) >= 11 is 0. The molecule has 0 saturated heterocycles. The van der Waals surface area contributed by atoms with E-state index in [0.29, 0.717) is 11.5 Å². The molecule has 0 radical (unpaired) electrons. The van der Waals surface area contributed by atoms with Crippen LogP contribution in [0.2, 0.25) is 0 Å². The van der Waals surface area contributed by atoms with Crippen LogP contribution in [0.3, 0.4) is 0 Å². The van der Waals surface area contributed by atoms with E-state index in [9.17, 15) is 8.42 Å². The topological polar surface area (TPSA) is 75.6 Å². The Morgan fingerprint density at radius 1 is 1.43 bits per heavy atom. The number of sulfonamides is 1. The fourth-order valence-corrected chi connectivity index (χ4v) is 3.85. The fraction of sp³-hybridized carbons (Fsp3) is 0.600. The molecule has 6 heteroatoms. The monoisotopic (exact) mass is 313 g/mol. The smallest absolute Gasteiger partial charge is 0.244 e. The molecule has 0 aromatic heterocycles. The summed E-state index contributed by atoms with van der Waals surface area (Å²) in [5.41, 5.74) is 0.621. The van der Waals surface area contributed by atoms with E-state index in [1.54, 1.807) is 12.1 Å². The lowest BCUT2D eigenvalue weighted by molar-refractivity contribution is 0.280. The molecule has 1 aromatic carbocycles. The normalized spacial score (nSPS) is 16.7. The molecule has 1 atom stereocenters. The summed E-state index contributed by atoms with van der Waals surface area (Å²) in [6, 6.07) is 4.59. The van der Waals surface area contributed by atoms with E-state index >= 15 is 0 Å². The van der Waals surface area contributed by atoms with Crippen LogP contribution in [0.5, 0.6) is 5.75 Å². The van der Waals surface area contributed by atoms with Crippen molar-refractivity contribution in [1.82, 2.24) is 4.72 Å². The summed E-state index contributed by atoms with van der Waals surface area (Å²) < 4.78 is 33.0. The molecule has 0 heterocycles. The lowest BCUT2D eigenvalue weighted by Gasteiger charge is -2.18. The SMILES string of the molecule is CCC(CC1CC1)NS(=O)(=O)c1ccc(CO)cc1OC. The highest BCUT2D eigenvalue weighted by molar-refractivity contribution is 7.89. The Hall–Kier alpha value is -1.11. The van der Waals surface area contributed by atoms with Crippen LogP contribution in [0.15, 0.2) is 23.1 Å². The number of aliphatic hydroxyl groups is 1. The van der Waals surface area contributed by atoms with Gasteiger partial charge >= 0.3 is 0 Å². The highest BCUT2D eigenvalue weighted by Gasteiger charge is 2.28. The average Bonchev–Trinajstić information content (AvgIpc) is 3.29. The predicted molar refractivity (Wildman–Crippen MR) is 80.7 cm³/mol. The van der Waals surface area contributed by atoms with Gasteiger partial charge in [-0.3, -0.25) is 0 Å². The number of hydrogen-bond donors (Lipinski definition) is 2.